The molecule has 1 aliphatic heterocycles. The van der Waals surface area contributed by atoms with Gasteiger partial charge in [-0.25, -0.2) is 4.79 Å². The Morgan fingerprint density at radius 1 is 1.36 bits per heavy atom. The number of hydrogen-bond donors (Lipinski definition) is 3. The summed E-state index contributed by atoms with van der Waals surface area (Å²) in [5.74, 6) is -0.501. The number of aliphatic carboxylic acids is 1. The van der Waals surface area contributed by atoms with E-state index in [4.69, 9.17) is 0 Å². The molecular weight excluding hydrogens is 280 g/mol. The number of carbonyl (C=O) groups is 2. The Morgan fingerprint density at radius 2 is 2.09 bits per heavy atom. The Labute approximate surface area is 131 Å². The van der Waals surface area contributed by atoms with Gasteiger partial charge in [-0.3, -0.25) is 4.79 Å². The predicted octanol–water partition coefficient (Wildman–Crippen LogP) is 1.95. The van der Waals surface area contributed by atoms with Crippen LogP contribution < -0.4 is 10.6 Å². The minimum Gasteiger partial charge on any atom is -0.479 e. The predicted molar refractivity (Wildman–Crippen MR) is 84.3 cm³/mol. The highest BCUT2D eigenvalue weighted by molar-refractivity contribution is 5.84. The van der Waals surface area contributed by atoms with Crippen molar-refractivity contribution >= 4 is 11.9 Å². The molecule has 5 heteroatoms. The second-order valence-electron chi connectivity index (χ2n) is 6.04. The van der Waals surface area contributed by atoms with Gasteiger partial charge in [0.05, 0.1) is 0 Å². The maximum atomic E-state index is 12.2. The van der Waals surface area contributed by atoms with Crippen LogP contribution in [0.4, 0.5) is 0 Å². The van der Waals surface area contributed by atoms with Crippen LogP contribution in [-0.2, 0) is 9.59 Å². The van der Waals surface area contributed by atoms with Crippen LogP contribution in [0.15, 0.2) is 30.3 Å². The zero-order chi connectivity index (χ0) is 15.9. The van der Waals surface area contributed by atoms with Gasteiger partial charge >= 0.3 is 5.97 Å². The Bertz CT molecular complexity index is 498. The first-order chi connectivity index (χ1) is 10.6. The molecule has 2 unspecified atom stereocenters. The molecule has 3 atom stereocenters. The fraction of sp³-hybridized carbons (Fsp3) is 0.529. The van der Waals surface area contributed by atoms with Crippen LogP contribution in [0.25, 0.3) is 0 Å². The summed E-state index contributed by atoms with van der Waals surface area (Å²) in [6.07, 6.45) is 2.63. The van der Waals surface area contributed by atoms with Crippen LogP contribution in [0.1, 0.15) is 37.8 Å². The fourth-order valence-corrected chi connectivity index (χ4v) is 2.98. The quantitative estimate of drug-likeness (QED) is 0.750. The first-order valence-electron chi connectivity index (χ1n) is 7.85. The van der Waals surface area contributed by atoms with Crippen LogP contribution in [0, 0.1) is 11.8 Å². The molecular formula is C17H24N2O3. The minimum absolute atomic E-state index is 0.200. The fourth-order valence-electron chi connectivity index (χ4n) is 2.98. The molecule has 1 aromatic rings. The van der Waals surface area contributed by atoms with E-state index >= 15 is 0 Å². The van der Waals surface area contributed by atoms with Crippen LogP contribution in [0.5, 0.6) is 0 Å². The summed E-state index contributed by atoms with van der Waals surface area (Å²) in [4.78, 5) is 23.6. The van der Waals surface area contributed by atoms with Gasteiger partial charge in [-0.2, -0.15) is 0 Å². The lowest BCUT2D eigenvalue weighted by Crippen LogP contribution is -2.38. The summed E-state index contributed by atoms with van der Waals surface area (Å²) >= 11 is 0. The second-order valence-corrected chi connectivity index (χ2v) is 6.04. The molecule has 1 amide bonds. The third-order valence-corrected chi connectivity index (χ3v) is 4.33. The van der Waals surface area contributed by atoms with Crippen molar-refractivity contribution in [2.45, 2.75) is 32.2 Å². The topological polar surface area (TPSA) is 78.4 Å². The molecule has 1 saturated heterocycles. The number of piperidine rings is 1. The molecule has 120 valence electrons. The highest BCUT2D eigenvalue weighted by Gasteiger charge is 2.25. The van der Waals surface area contributed by atoms with Crippen molar-refractivity contribution in [3.63, 3.8) is 0 Å². The van der Waals surface area contributed by atoms with E-state index in [2.05, 4.69) is 17.6 Å². The van der Waals surface area contributed by atoms with Gasteiger partial charge in [0.15, 0.2) is 6.04 Å². The number of amides is 1. The smallest absolute Gasteiger partial charge is 0.330 e. The first kappa shape index (κ1) is 16.5. The molecule has 0 bridgehead atoms. The molecule has 2 rings (SSSR count). The lowest BCUT2D eigenvalue weighted by molar-refractivity contribution is -0.142. The van der Waals surface area contributed by atoms with Crippen LogP contribution in [-0.4, -0.2) is 30.1 Å². The maximum absolute atomic E-state index is 12.2. The van der Waals surface area contributed by atoms with E-state index in [1.807, 2.05) is 6.07 Å². The van der Waals surface area contributed by atoms with E-state index in [1.54, 1.807) is 24.3 Å². The van der Waals surface area contributed by atoms with Crippen molar-refractivity contribution < 1.29 is 14.7 Å². The van der Waals surface area contributed by atoms with Crippen LogP contribution in [0.3, 0.4) is 0 Å². The molecule has 1 fully saturated rings. The lowest BCUT2D eigenvalue weighted by atomic mass is 9.85. The average molecular weight is 304 g/mol. The Balaban J connectivity index is 1.92. The SMILES string of the molecule is CC(CC(=O)N[C@H](C(=O)O)c1ccccc1)C1CCCNC1. The van der Waals surface area contributed by atoms with Crippen molar-refractivity contribution in [1.82, 2.24) is 10.6 Å². The van der Waals surface area contributed by atoms with Gasteiger partial charge in [-0.1, -0.05) is 37.3 Å². The summed E-state index contributed by atoms with van der Waals surface area (Å²) in [5, 5.41) is 15.3. The second kappa shape index (κ2) is 7.94. The third-order valence-electron chi connectivity index (χ3n) is 4.33. The van der Waals surface area contributed by atoms with Gasteiger partial charge in [0.25, 0.3) is 0 Å². The average Bonchev–Trinajstić information content (AvgIpc) is 2.54. The largest absolute Gasteiger partial charge is 0.479 e. The summed E-state index contributed by atoms with van der Waals surface area (Å²) in [6, 6.07) is 7.82. The molecule has 3 N–H and O–H groups in total. The summed E-state index contributed by atoms with van der Waals surface area (Å²) < 4.78 is 0. The zero-order valence-electron chi connectivity index (χ0n) is 12.9. The van der Waals surface area contributed by atoms with Gasteiger partial charge in [0, 0.05) is 6.42 Å². The van der Waals surface area contributed by atoms with Crippen LogP contribution >= 0.6 is 0 Å². The molecule has 0 aliphatic carbocycles. The van der Waals surface area contributed by atoms with Crippen molar-refractivity contribution in [2.75, 3.05) is 13.1 Å². The maximum Gasteiger partial charge on any atom is 0.330 e. The normalized spacial score (nSPS) is 20.9. The summed E-state index contributed by atoms with van der Waals surface area (Å²) in [5.41, 5.74) is 0.593. The first-order valence-corrected chi connectivity index (χ1v) is 7.85. The number of carbonyl (C=O) groups excluding carboxylic acids is 1. The van der Waals surface area contributed by atoms with E-state index in [0.717, 1.165) is 25.9 Å². The van der Waals surface area contributed by atoms with Crippen LogP contribution in [0.2, 0.25) is 0 Å². The van der Waals surface area contributed by atoms with E-state index in [0.29, 0.717) is 17.9 Å². The van der Waals surface area contributed by atoms with E-state index in [-0.39, 0.29) is 11.8 Å². The molecule has 0 radical (unpaired) electrons. The van der Waals surface area contributed by atoms with Crippen molar-refractivity contribution in [3.05, 3.63) is 35.9 Å². The molecule has 0 saturated carbocycles. The molecule has 0 aromatic heterocycles. The highest BCUT2D eigenvalue weighted by atomic mass is 16.4. The van der Waals surface area contributed by atoms with Gasteiger partial charge in [0.1, 0.15) is 0 Å². The lowest BCUT2D eigenvalue weighted by Gasteiger charge is -2.28. The van der Waals surface area contributed by atoms with E-state index in [1.165, 1.54) is 0 Å². The number of benzene rings is 1. The number of nitrogens with one attached hydrogen (secondary N) is 2. The standard InChI is InChI=1S/C17H24N2O3/c1-12(14-8-5-9-18-11-14)10-15(20)19-16(17(21)22)13-6-3-2-4-7-13/h2-4,6-7,12,14,16,18H,5,8-11H2,1H3,(H,19,20)(H,21,22)/t12?,14?,16-/m0/s1. The molecule has 22 heavy (non-hydrogen) atoms. The monoisotopic (exact) mass is 304 g/mol. The van der Waals surface area contributed by atoms with Crippen molar-refractivity contribution in [3.8, 4) is 0 Å². The van der Waals surface area contributed by atoms with Gasteiger partial charge in [0.2, 0.25) is 5.91 Å². The van der Waals surface area contributed by atoms with E-state index in [9.17, 15) is 14.7 Å². The van der Waals surface area contributed by atoms with Gasteiger partial charge in [-0.15, -0.1) is 0 Å². The highest BCUT2D eigenvalue weighted by Crippen LogP contribution is 2.23. The minimum atomic E-state index is -1.04. The molecule has 1 aliphatic rings. The Morgan fingerprint density at radius 3 is 2.68 bits per heavy atom. The van der Waals surface area contributed by atoms with Gasteiger partial charge < -0.3 is 15.7 Å². The molecule has 1 heterocycles. The summed E-state index contributed by atoms with van der Waals surface area (Å²) in [6.45, 7) is 4.05. The Hall–Kier alpha value is -1.88. The summed E-state index contributed by atoms with van der Waals surface area (Å²) in [7, 11) is 0. The van der Waals surface area contributed by atoms with Crippen molar-refractivity contribution in [1.29, 1.82) is 0 Å². The number of carboxylic acids is 1. The molecule has 0 spiro atoms. The molecule has 1 aromatic carbocycles. The molecule has 5 nitrogen and oxygen atoms in total. The van der Waals surface area contributed by atoms with Gasteiger partial charge in [-0.05, 0) is 43.3 Å². The third kappa shape index (κ3) is 4.56. The number of carboxylic acid groups (broad SMARTS) is 1. The van der Waals surface area contributed by atoms with Crippen molar-refractivity contribution in [2.24, 2.45) is 11.8 Å². The zero-order valence-corrected chi connectivity index (χ0v) is 12.9. The van der Waals surface area contributed by atoms with E-state index < -0.39 is 12.0 Å². The number of hydrogen-bond acceptors (Lipinski definition) is 3. The Kier molecular flexibility index (Phi) is 5.95. The number of rotatable bonds is 6.